The first-order chi connectivity index (χ1) is 8.13. The molecular weight excluding hydrogens is 210 g/mol. The molecule has 3 nitrogen and oxygen atoms in total. The fourth-order valence-electron chi connectivity index (χ4n) is 2.40. The molecule has 1 aliphatic heterocycles. The van der Waals surface area contributed by atoms with Crippen LogP contribution < -0.4 is 11.1 Å². The van der Waals surface area contributed by atoms with Gasteiger partial charge in [0.05, 0.1) is 0 Å². The summed E-state index contributed by atoms with van der Waals surface area (Å²) in [6, 6.07) is 0. The van der Waals surface area contributed by atoms with Crippen molar-refractivity contribution < 1.29 is 0 Å². The van der Waals surface area contributed by atoms with Gasteiger partial charge in [-0.1, -0.05) is 20.8 Å². The van der Waals surface area contributed by atoms with E-state index in [1.165, 1.54) is 32.5 Å². The van der Waals surface area contributed by atoms with Crippen LogP contribution in [0, 0.1) is 17.8 Å². The lowest BCUT2D eigenvalue weighted by Crippen LogP contribution is -2.40. The van der Waals surface area contributed by atoms with Crippen molar-refractivity contribution in [3.05, 3.63) is 0 Å². The van der Waals surface area contributed by atoms with E-state index in [9.17, 15) is 0 Å². The maximum atomic E-state index is 5.76. The molecule has 0 aliphatic carbocycles. The molecule has 0 radical (unpaired) electrons. The Hall–Kier alpha value is -0.120. The highest BCUT2D eigenvalue weighted by Gasteiger charge is 2.15. The molecule has 1 heterocycles. The van der Waals surface area contributed by atoms with E-state index in [1.807, 2.05) is 0 Å². The zero-order valence-corrected chi connectivity index (χ0v) is 11.9. The minimum absolute atomic E-state index is 0.622. The summed E-state index contributed by atoms with van der Waals surface area (Å²) in [6.45, 7) is 13.6. The highest BCUT2D eigenvalue weighted by atomic mass is 15.1. The smallest absolute Gasteiger partial charge is 0.0107 e. The van der Waals surface area contributed by atoms with Crippen LogP contribution >= 0.6 is 0 Å². The molecule has 3 heteroatoms. The summed E-state index contributed by atoms with van der Waals surface area (Å²) in [5, 5.41) is 3.55. The van der Waals surface area contributed by atoms with Crippen molar-refractivity contribution in [1.29, 1.82) is 0 Å². The number of rotatable bonds is 7. The SMILES string of the molecule is CC1CCN(CCNCC(CN)C(C)C)CC1. The Morgan fingerprint density at radius 2 is 1.94 bits per heavy atom. The second-order valence-corrected chi connectivity index (χ2v) is 5.97. The number of hydrogen-bond acceptors (Lipinski definition) is 3. The van der Waals surface area contributed by atoms with E-state index in [2.05, 4.69) is 31.0 Å². The molecule has 0 spiro atoms. The molecule has 102 valence electrons. The van der Waals surface area contributed by atoms with E-state index in [1.54, 1.807) is 0 Å². The van der Waals surface area contributed by atoms with E-state index < -0.39 is 0 Å². The Morgan fingerprint density at radius 1 is 1.29 bits per heavy atom. The van der Waals surface area contributed by atoms with Crippen LogP contribution in [-0.4, -0.2) is 44.2 Å². The van der Waals surface area contributed by atoms with E-state index in [4.69, 9.17) is 5.73 Å². The summed E-state index contributed by atoms with van der Waals surface area (Å²) < 4.78 is 0. The third kappa shape index (κ3) is 5.84. The topological polar surface area (TPSA) is 41.3 Å². The molecule has 0 amide bonds. The van der Waals surface area contributed by atoms with Crippen molar-refractivity contribution in [3.8, 4) is 0 Å². The van der Waals surface area contributed by atoms with E-state index in [-0.39, 0.29) is 0 Å². The molecule has 0 aromatic heterocycles. The van der Waals surface area contributed by atoms with Gasteiger partial charge in [0, 0.05) is 13.1 Å². The van der Waals surface area contributed by atoms with Crippen molar-refractivity contribution >= 4 is 0 Å². The minimum atomic E-state index is 0.622. The molecule has 1 saturated heterocycles. The van der Waals surface area contributed by atoms with Crippen LogP contribution in [0.1, 0.15) is 33.6 Å². The van der Waals surface area contributed by atoms with Gasteiger partial charge in [0.15, 0.2) is 0 Å². The van der Waals surface area contributed by atoms with Gasteiger partial charge in [-0.2, -0.15) is 0 Å². The fraction of sp³-hybridized carbons (Fsp3) is 1.00. The second kappa shape index (κ2) is 8.06. The van der Waals surface area contributed by atoms with Gasteiger partial charge >= 0.3 is 0 Å². The molecule has 0 aromatic carbocycles. The van der Waals surface area contributed by atoms with Gasteiger partial charge in [-0.05, 0) is 56.8 Å². The van der Waals surface area contributed by atoms with Crippen LogP contribution in [0.3, 0.4) is 0 Å². The average Bonchev–Trinajstić information content (AvgIpc) is 2.31. The first-order valence-corrected chi connectivity index (χ1v) is 7.26. The molecule has 0 saturated carbocycles. The molecule has 1 rings (SSSR count). The molecular formula is C14H31N3. The van der Waals surface area contributed by atoms with Gasteiger partial charge in [0.25, 0.3) is 0 Å². The van der Waals surface area contributed by atoms with Gasteiger partial charge in [-0.3, -0.25) is 0 Å². The quantitative estimate of drug-likeness (QED) is 0.664. The Labute approximate surface area is 107 Å². The largest absolute Gasteiger partial charge is 0.330 e. The number of nitrogens with zero attached hydrogens (tertiary/aromatic N) is 1. The number of nitrogens with two attached hydrogens (primary N) is 1. The molecule has 0 aromatic rings. The maximum Gasteiger partial charge on any atom is 0.0107 e. The molecule has 1 atom stereocenters. The van der Waals surface area contributed by atoms with Crippen LogP contribution in [0.5, 0.6) is 0 Å². The number of nitrogens with one attached hydrogen (secondary N) is 1. The van der Waals surface area contributed by atoms with Gasteiger partial charge in [-0.15, -0.1) is 0 Å². The highest BCUT2D eigenvalue weighted by molar-refractivity contribution is 4.71. The van der Waals surface area contributed by atoms with Gasteiger partial charge < -0.3 is 16.0 Å². The molecule has 1 aliphatic rings. The lowest BCUT2D eigenvalue weighted by atomic mass is 9.96. The monoisotopic (exact) mass is 241 g/mol. The van der Waals surface area contributed by atoms with Crippen molar-refractivity contribution in [3.63, 3.8) is 0 Å². The van der Waals surface area contributed by atoms with Gasteiger partial charge in [0.1, 0.15) is 0 Å². The number of likely N-dealkylation sites (tertiary alicyclic amines) is 1. The van der Waals surface area contributed by atoms with Gasteiger partial charge in [0.2, 0.25) is 0 Å². The van der Waals surface area contributed by atoms with Crippen molar-refractivity contribution in [1.82, 2.24) is 10.2 Å². The van der Waals surface area contributed by atoms with E-state index in [0.717, 1.165) is 25.6 Å². The summed E-state index contributed by atoms with van der Waals surface area (Å²) in [5.41, 5.74) is 5.76. The fourth-order valence-corrected chi connectivity index (χ4v) is 2.40. The van der Waals surface area contributed by atoms with E-state index in [0.29, 0.717) is 11.8 Å². The summed E-state index contributed by atoms with van der Waals surface area (Å²) in [5.74, 6) is 2.24. The molecule has 17 heavy (non-hydrogen) atoms. The number of hydrogen-bond donors (Lipinski definition) is 2. The molecule has 1 fully saturated rings. The first kappa shape index (κ1) is 14.9. The summed E-state index contributed by atoms with van der Waals surface area (Å²) in [4.78, 5) is 2.58. The lowest BCUT2D eigenvalue weighted by molar-refractivity contribution is 0.191. The van der Waals surface area contributed by atoms with Crippen LogP contribution in [0.4, 0.5) is 0 Å². The van der Waals surface area contributed by atoms with Crippen molar-refractivity contribution in [2.45, 2.75) is 33.6 Å². The standard InChI is InChI=1S/C14H31N3/c1-12(2)14(10-15)11-16-6-9-17-7-4-13(3)5-8-17/h12-14,16H,4-11,15H2,1-3H3. The van der Waals surface area contributed by atoms with Crippen LogP contribution in [-0.2, 0) is 0 Å². The predicted octanol–water partition coefficient (Wildman–Crippen LogP) is 1.54. The van der Waals surface area contributed by atoms with Crippen LogP contribution in [0.15, 0.2) is 0 Å². The summed E-state index contributed by atoms with van der Waals surface area (Å²) in [7, 11) is 0. The average molecular weight is 241 g/mol. The van der Waals surface area contributed by atoms with Crippen molar-refractivity contribution in [2.24, 2.45) is 23.5 Å². The normalized spacial score (nSPS) is 21.0. The summed E-state index contributed by atoms with van der Waals surface area (Å²) >= 11 is 0. The second-order valence-electron chi connectivity index (χ2n) is 5.97. The van der Waals surface area contributed by atoms with Gasteiger partial charge in [-0.25, -0.2) is 0 Å². The Bertz CT molecular complexity index is 186. The molecule has 0 bridgehead atoms. The zero-order valence-electron chi connectivity index (χ0n) is 11.9. The third-order valence-electron chi connectivity index (χ3n) is 4.13. The maximum absolute atomic E-state index is 5.76. The first-order valence-electron chi connectivity index (χ1n) is 7.26. The lowest BCUT2D eigenvalue weighted by Gasteiger charge is -2.30. The van der Waals surface area contributed by atoms with Crippen molar-refractivity contribution in [2.75, 3.05) is 39.3 Å². The Balaban J connectivity index is 2.03. The zero-order chi connectivity index (χ0) is 12.7. The van der Waals surface area contributed by atoms with Crippen LogP contribution in [0.25, 0.3) is 0 Å². The Morgan fingerprint density at radius 3 is 2.47 bits per heavy atom. The predicted molar refractivity (Wildman–Crippen MR) is 75.1 cm³/mol. The highest BCUT2D eigenvalue weighted by Crippen LogP contribution is 2.15. The summed E-state index contributed by atoms with van der Waals surface area (Å²) in [6.07, 6.45) is 2.74. The number of piperidine rings is 1. The molecule has 3 N–H and O–H groups in total. The van der Waals surface area contributed by atoms with Crippen LogP contribution in [0.2, 0.25) is 0 Å². The third-order valence-corrected chi connectivity index (χ3v) is 4.13. The minimum Gasteiger partial charge on any atom is -0.330 e. The molecule has 1 unspecified atom stereocenters. The Kier molecular flexibility index (Phi) is 7.09. The van der Waals surface area contributed by atoms with E-state index >= 15 is 0 Å².